The molecule has 1 aliphatic rings. The molecule has 0 unspecified atom stereocenters. The maximum Gasteiger partial charge on any atom is 0.341 e. The van der Waals surface area contributed by atoms with Gasteiger partial charge in [-0.1, -0.05) is 11.6 Å². The van der Waals surface area contributed by atoms with Crippen LogP contribution in [0.5, 0.6) is 0 Å². The number of ether oxygens (including phenoxy) is 1. The van der Waals surface area contributed by atoms with Crippen LogP contribution in [0.2, 0.25) is 5.02 Å². The van der Waals surface area contributed by atoms with Crippen LogP contribution < -0.4 is 9.80 Å². The maximum atomic E-state index is 12.5. The van der Waals surface area contributed by atoms with Gasteiger partial charge >= 0.3 is 5.97 Å². The molecule has 1 aromatic heterocycles. The average molecular weight is 363 g/mol. The molecule has 3 rings (SSSR count). The maximum absolute atomic E-state index is 12.5. The highest BCUT2D eigenvalue weighted by Gasteiger charge is 2.26. The number of rotatable bonds is 4. The van der Waals surface area contributed by atoms with Gasteiger partial charge in [0.1, 0.15) is 5.56 Å². The van der Waals surface area contributed by atoms with E-state index in [0.717, 1.165) is 54.9 Å². The summed E-state index contributed by atoms with van der Waals surface area (Å²) in [6.07, 6.45) is 1.64. The first kappa shape index (κ1) is 18.0. The first-order chi connectivity index (χ1) is 12.1. The Balaban J connectivity index is 2.12. The van der Waals surface area contributed by atoms with Gasteiger partial charge in [0.2, 0.25) is 0 Å². The van der Waals surface area contributed by atoms with E-state index in [9.17, 15) is 4.79 Å². The number of carbonyl (C=O) groups excluding carboxylic acids is 1. The highest BCUT2D eigenvalue weighted by atomic mass is 35.5. The second kappa shape index (κ2) is 7.58. The van der Waals surface area contributed by atoms with Gasteiger partial charge in [0.15, 0.2) is 0 Å². The van der Waals surface area contributed by atoms with E-state index in [1.807, 2.05) is 26.0 Å². The van der Waals surface area contributed by atoms with E-state index in [1.54, 1.807) is 11.1 Å². The number of aryl methyl sites for hydroxylation is 1. The Kier molecular flexibility index (Phi) is 5.45. The Morgan fingerprint density at radius 1 is 1.32 bits per heavy atom. The van der Waals surface area contributed by atoms with Gasteiger partial charge in [0.25, 0.3) is 0 Å². The number of carbonyl (C=O) groups is 1. The van der Waals surface area contributed by atoms with Crippen molar-refractivity contribution in [2.75, 3.05) is 44.2 Å². The van der Waals surface area contributed by atoms with E-state index in [-0.39, 0.29) is 5.97 Å². The summed E-state index contributed by atoms with van der Waals surface area (Å²) in [6.45, 7) is 11.4. The van der Waals surface area contributed by atoms with Crippen LogP contribution in [0, 0.1) is 6.92 Å². The molecule has 1 aromatic carbocycles. The molecule has 1 N–H and O–H groups in total. The van der Waals surface area contributed by atoms with Crippen molar-refractivity contribution in [3.05, 3.63) is 34.5 Å². The molecular formula is C19H25ClN3O2+. The minimum absolute atomic E-state index is 0.315. The van der Waals surface area contributed by atoms with Gasteiger partial charge < -0.3 is 14.5 Å². The van der Waals surface area contributed by atoms with Crippen LogP contribution in [0.3, 0.4) is 0 Å². The number of halogens is 1. The summed E-state index contributed by atoms with van der Waals surface area (Å²) < 4.78 is 5.27. The summed E-state index contributed by atoms with van der Waals surface area (Å²) in [4.78, 5) is 20.9. The number of hydrogen-bond acceptors (Lipinski definition) is 4. The van der Waals surface area contributed by atoms with Gasteiger partial charge in [-0.15, -0.1) is 0 Å². The van der Waals surface area contributed by atoms with Crippen molar-refractivity contribution >= 4 is 34.2 Å². The molecule has 134 valence electrons. The van der Waals surface area contributed by atoms with Crippen LogP contribution in [0.25, 0.3) is 10.9 Å². The highest BCUT2D eigenvalue weighted by Crippen LogP contribution is 2.34. The number of nitrogens with zero attached hydrogens (tertiary/aromatic N) is 2. The molecule has 1 saturated heterocycles. The lowest BCUT2D eigenvalue weighted by Gasteiger charge is -2.34. The molecule has 0 aliphatic carbocycles. The highest BCUT2D eigenvalue weighted by molar-refractivity contribution is 6.32. The molecular weight excluding hydrogens is 338 g/mol. The zero-order chi connectivity index (χ0) is 18.0. The number of hydrogen-bond donors (Lipinski definition) is 1. The number of aromatic nitrogens is 1. The minimum atomic E-state index is -0.315. The van der Waals surface area contributed by atoms with Crippen LogP contribution in [0.15, 0.2) is 18.3 Å². The molecule has 0 amide bonds. The number of esters is 1. The third-order valence-corrected chi connectivity index (χ3v) is 5.39. The lowest BCUT2D eigenvalue weighted by molar-refractivity contribution is -0.898. The quantitative estimate of drug-likeness (QED) is 0.846. The topological polar surface area (TPSA) is 46.9 Å². The van der Waals surface area contributed by atoms with Gasteiger partial charge in [-0.2, -0.15) is 0 Å². The lowest BCUT2D eigenvalue weighted by atomic mass is 10.0. The van der Waals surface area contributed by atoms with E-state index in [0.29, 0.717) is 17.2 Å². The van der Waals surface area contributed by atoms with Crippen LogP contribution in [0.1, 0.15) is 29.8 Å². The molecule has 5 nitrogen and oxygen atoms in total. The standard InChI is InChI=1S/C19H24ClN3O2/c1-4-22-8-10-23(11-9-22)18-14-6-7-16(20)13(3)17(14)21-12-15(18)19(24)25-5-2/h6-7,12H,4-5,8-11H2,1-3H3/p+1. The number of fused-ring (bicyclic) bond motifs is 1. The van der Waals surface area contributed by atoms with E-state index in [4.69, 9.17) is 16.3 Å². The molecule has 0 bridgehead atoms. The number of piperazine rings is 1. The van der Waals surface area contributed by atoms with Crippen molar-refractivity contribution in [3.8, 4) is 0 Å². The fourth-order valence-corrected chi connectivity index (χ4v) is 3.62. The van der Waals surface area contributed by atoms with Crippen LogP contribution >= 0.6 is 11.6 Å². The van der Waals surface area contributed by atoms with Crippen molar-refractivity contribution in [2.45, 2.75) is 20.8 Å². The molecule has 1 fully saturated rings. The first-order valence-corrected chi connectivity index (χ1v) is 9.28. The molecule has 2 aromatic rings. The Labute approximate surface area is 153 Å². The summed E-state index contributed by atoms with van der Waals surface area (Å²) in [7, 11) is 0. The van der Waals surface area contributed by atoms with Gasteiger partial charge in [0, 0.05) is 16.6 Å². The molecule has 0 radical (unpaired) electrons. The Morgan fingerprint density at radius 2 is 2.04 bits per heavy atom. The third-order valence-electron chi connectivity index (χ3n) is 4.98. The normalized spacial score (nSPS) is 15.6. The van der Waals surface area contributed by atoms with E-state index in [2.05, 4.69) is 16.8 Å². The summed E-state index contributed by atoms with van der Waals surface area (Å²) in [5.74, 6) is -0.315. The lowest BCUT2D eigenvalue weighted by Crippen LogP contribution is -3.14. The van der Waals surface area contributed by atoms with Gasteiger partial charge in [-0.3, -0.25) is 4.98 Å². The molecule has 2 heterocycles. The number of quaternary nitrogens is 1. The van der Waals surface area contributed by atoms with Crippen molar-refractivity contribution in [3.63, 3.8) is 0 Å². The summed E-state index contributed by atoms with van der Waals surface area (Å²) in [5.41, 5.74) is 3.25. The predicted molar refractivity (Wildman–Crippen MR) is 101 cm³/mol. The molecule has 0 atom stereocenters. The zero-order valence-electron chi connectivity index (χ0n) is 15.1. The Morgan fingerprint density at radius 3 is 2.68 bits per heavy atom. The fourth-order valence-electron chi connectivity index (χ4n) is 3.47. The fraction of sp³-hybridized carbons (Fsp3) is 0.474. The Bertz CT molecular complexity index is 786. The molecule has 1 aliphatic heterocycles. The smallest absolute Gasteiger partial charge is 0.341 e. The monoisotopic (exact) mass is 362 g/mol. The Hall–Kier alpha value is -1.85. The largest absolute Gasteiger partial charge is 0.462 e. The summed E-state index contributed by atoms with van der Waals surface area (Å²) in [5, 5.41) is 1.66. The van der Waals surface area contributed by atoms with Crippen molar-refractivity contribution < 1.29 is 14.4 Å². The van der Waals surface area contributed by atoms with Gasteiger partial charge in [-0.25, -0.2) is 4.79 Å². The average Bonchev–Trinajstić information content (AvgIpc) is 2.64. The number of likely N-dealkylation sites (N-methyl/N-ethyl adjacent to an activating group) is 1. The van der Waals surface area contributed by atoms with Crippen LogP contribution in [-0.2, 0) is 4.74 Å². The second-order valence-corrected chi connectivity index (χ2v) is 6.81. The number of pyridine rings is 1. The number of benzene rings is 1. The van der Waals surface area contributed by atoms with Crippen LogP contribution in [0.4, 0.5) is 5.69 Å². The van der Waals surface area contributed by atoms with Gasteiger partial charge in [-0.05, 0) is 38.5 Å². The number of anilines is 1. The van der Waals surface area contributed by atoms with Crippen molar-refractivity contribution in [1.29, 1.82) is 0 Å². The van der Waals surface area contributed by atoms with E-state index < -0.39 is 0 Å². The summed E-state index contributed by atoms with van der Waals surface area (Å²) >= 11 is 6.27. The minimum Gasteiger partial charge on any atom is -0.462 e. The van der Waals surface area contributed by atoms with E-state index >= 15 is 0 Å². The van der Waals surface area contributed by atoms with E-state index in [1.165, 1.54) is 0 Å². The molecule has 25 heavy (non-hydrogen) atoms. The third kappa shape index (κ3) is 3.44. The van der Waals surface area contributed by atoms with Gasteiger partial charge in [0.05, 0.1) is 50.5 Å². The first-order valence-electron chi connectivity index (χ1n) is 8.90. The number of nitrogens with one attached hydrogen (secondary N) is 1. The molecule has 6 heteroatoms. The second-order valence-electron chi connectivity index (χ2n) is 6.40. The van der Waals surface area contributed by atoms with Crippen LogP contribution in [-0.4, -0.2) is 50.3 Å². The van der Waals surface area contributed by atoms with Crippen molar-refractivity contribution in [1.82, 2.24) is 4.98 Å². The van der Waals surface area contributed by atoms with Crippen molar-refractivity contribution in [2.24, 2.45) is 0 Å². The predicted octanol–water partition coefficient (Wildman–Crippen LogP) is 2.10. The molecule has 0 saturated carbocycles. The SMILES string of the molecule is CCOC(=O)c1cnc2c(C)c(Cl)ccc2c1N1CC[NH+](CC)CC1. The zero-order valence-corrected chi connectivity index (χ0v) is 15.8. The summed E-state index contributed by atoms with van der Waals surface area (Å²) in [6, 6.07) is 3.85. The molecule has 0 spiro atoms.